The minimum Gasteiger partial charge on any atom is -0.357 e. The van der Waals surface area contributed by atoms with Crippen molar-refractivity contribution < 1.29 is 4.39 Å². The van der Waals surface area contributed by atoms with Crippen LogP contribution in [0.1, 0.15) is 25.3 Å². The highest BCUT2D eigenvalue weighted by atomic mass is 19.1. The number of likely N-dealkylation sites (N-methyl/N-ethyl adjacent to an activating group) is 1. The molecule has 6 heteroatoms. The maximum atomic E-state index is 13.2. The van der Waals surface area contributed by atoms with Crippen molar-refractivity contribution in [3.8, 4) is 0 Å². The molecule has 1 aromatic carbocycles. The van der Waals surface area contributed by atoms with E-state index in [0.717, 1.165) is 63.6 Å². The molecular formula is C20H34FN5. The van der Waals surface area contributed by atoms with Crippen LogP contribution in [0.4, 0.5) is 4.39 Å². The number of hydrogen-bond acceptors (Lipinski definition) is 3. The molecule has 2 rings (SSSR count). The number of nitrogens with one attached hydrogen (secondary N) is 2. The molecule has 0 amide bonds. The van der Waals surface area contributed by atoms with E-state index in [1.165, 1.54) is 25.6 Å². The Balaban J connectivity index is 1.68. The van der Waals surface area contributed by atoms with Gasteiger partial charge in [0.25, 0.3) is 0 Å². The van der Waals surface area contributed by atoms with Crippen LogP contribution in [0.3, 0.4) is 0 Å². The number of halogens is 1. The molecule has 0 saturated carbocycles. The maximum Gasteiger partial charge on any atom is 0.191 e. The predicted molar refractivity (Wildman–Crippen MR) is 107 cm³/mol. The first-order valence-electron chi connectivity index (χ1n) is 9.85. The van der Waals surface area contributed by atoms with E-state index in [4.69, 9.17) is 0 Å². The molecule has 0 spiro atoms. The Morgan fingerprint density at radius 2 is 2.08 bits per heavy atom. The van der Waals surface area contributed by atoms with E-state index in [0.29, 0.717) is 0 Å². The molecule has 0 aliphatic carbocycles. The van der Waals surface area contributed by atoms with Gasteiger partial charge in [0.15, 0.2) is 5.96 Å². The molecule has 1 saturated heterocycles. The second-order valence-electron chi connectivity index (χ2n) is 6.92. The van der Waals surface area contributed by atoms with Crippen LogP contribution in [0.2, 0.25) is 0 Å². The topological polar surface area (TPSA) is 42.9 Å². The molecule has 0 unspecified atom stereocenters. The summed E-state index contributed by atoms with van der Waals surface area (Å²) in [6, 6.07) is 6.77. The van der Waals surface area contributed by atoms with E-state index >= 15 is 0 Å². The first kappa shape index (κ1) is 20.6. The van der Waals surface area contributed by atoms with Gasteiger partial charge in [0.2, 0.25) is 0 Å². The van der Waals surface area contributed by atoms with Crippen molar-refractivity contribution in [3.63, 3.8) is 0 Å². The maximum absolute atomic E-state index is 13.2. The zero-order valence-electron chi connectivity index (χ0n) is 16.3. The van der Waals surface area contributed by atoms with Crippen LogP contribution in [-0.4, -0.2) is 75.2 Å². The molecule has 1 aromatic rings. The van der Waals surface area contributed by atoms with Gasteiger partial charge in [0.05, 0.1) is 0 Å². The summed E-state index contributed by atoms with van der Waals surface area (Å²) in [7, 11) is 2.20. The minimum atomic E-state index is -0.178. The van der Waals surface area contributed by atoms with Gasteiger partial charge in [-0.1, -0.05) is 12.1 Å². The molecule has 0 atom stereocenters. The van der Waals surface area contributed by atoms with Crippen molar-refractivity contribution >= 4 is 5.96 Å². The number of aliphatic imine (C=N–C) groups is 1. The Kier molecular flexibility index (Phi) is 9.42. The second kappa shape index (κ2) is 11.9. The molecule has 0 aromatic heterocycles. The summed E-state index contributed by atoms with van der Waals surface area (Å²) in [4.78, 5) is 9.62. The molecule has 2 N–H and O–H groups in total. The van der Waals surface area contributed by atoms with Gasteiger partial charge < -0.3 is 20.4 Å². The van der Waals surface area contributed by atoms with Crippen LogP contribution < -0.4 is 10.6 Å². The van der Waals surface area contributed by atoms with Crippen molar-refractivity contribution in [2.75, 3.05) is 59.4 Å². The Morgan fingerprint density at radius 1 is 1.19 bits per heavy atom. The number of hydrogen-bond donors (Lipinski definition) is 2. The van der Waals surface area contributed by atoms with E-state index < -0.39 is 0 Å². The van der Waals surface area contributed by atoms with Crippen molar-refractivity contribution in [1.29, 1.82) is 0 Å². The molecule has 5 nitrogen and oxygen atoms in total. The molecule has 26 heavy (non-hydrogen) atoms. The van der Waals surface area contributed by atoms with Crippen LogP contribution in [0, 0.1) is 5.82 Å². The second-order valence-corrected chi connectivity index (χ2v) is 6.92. The van der Waals surface area contributed by atoms with Crippen LogP contribution in [0.25, 0.3) is 0 Å². The molecular weight excluding hydrogens is 329 g/mol. The van der Waals surface area contributed by atoms with Gasteiger partial charge in [-0.25, -0.2) is 4.39 Å². The minimum absolute atomic E-state index is 0.178. The third-order valence-corrected chi connectivity index (χ3v) is 4.65. The highest BCUT2D eigenvalue weighted by Crippen LogP contribution is 2.04. The lowest BCUT2D eigenvalue weighted by Gasteiger charge is -2.19. The zero-order valence-corrected chi connectivity index (χ0v) is 16.3. The highest BCUT2D eigenvalue weighted by molar-refractivity contribution is 5.79. The van der Waals surface area contributed by atoms with Gasteiger partial charge in [0.1, 0.15) is 5.82 Å². The van der Waals surface area contributed by atoms with E-state index in [2.05, 4.69) is 39.4 Å². The Labute approximate surface area is 157 Å². The Bertz CT molecular complexity index is 549. The third-order valence-electron chi connectivity index (χ3n) is 4.65. The van der Waals surface area contributed by atoms with Crippen LogP contribution in [-0.2, 0) is 6.42 Å². The lowest BCUT2D eigenvalue weighted by Crippen LogP contribution is -2.38. The smallest absolute Gasteiger partial charge is 0.191 e. The normalized spacial score (nSPS) is 17.1. The first-order chi connectivity index (χ1) is 12.7. The van der Waals surface area contributed by atoms with Gasteiger partial charge in [-0.05, 0) is 70.6 Å². The number of rotatable bonds is 8. The summed E-state index contributed by atoms with van der Waals surface area (Å²) in [5.41, 5.74) is 1.000. The summed E-state index contributed by atoms with van der Waals surface area (Å²) >= 11 is 0. The predicted octanol–water partition coefficient (Wildman–Crippen LogP) is 1.95. The van der Waals surface area contributed by atoms with E-state index in [-0.39, 0.29) is 5.82 Å². The summed E-state index contributed by atoms with van der Waals surface area (Å²) in [5.74, 6) is 0.669. The quantitative estimate of drug-likeness (QED) is 0.421. The van der Waals surface area contributed by atoms with Gasteiger partial charge in [-0.3, -0.25) is 4.99 Å². The summed E-state index contributed by atoms with van der Waals surface area (Å²) in [6.45, 7) is 10.3. The van der Waals surface area contributed by atoms with Gasteiger partial charge in [0, 0.05) is 32.7 Å². The zero-order chi connectivity index (χ0) is 18.6. The fourth-order valence-corrected chi connectivity index (χ4v) is 3.17. The Hall–Kier alpha value is -1.66. The first-order valence-corrected chi connectivity index (χ1v) is 9.85. The molecule has 1 aliphatic rings. The van der Waals surface area contributed by atoms with Gasteiger partial charge in [-0.2, -0.15) is 0 Å². The van der Waals surface area contributed by atoms with Crippen LogP contribution in [0.5, 0.6) is 0 Å². The van der Waals surface area contributed by atoms with Gasteiger partial charge in [-0.15, -0.1) is 0 Å². The van der Waals surface area contributed by atoms with Crippen molar-refractivity contribution in [2.24, 2.45) is 4.99 Å². The summed E-state index contributed by atoms with van der Waals surface area (Å²) in [5, 5.41) is 6.62. The van der Waals surface area contributed by atoms with E-state index in [9.17, 15) is 4.39 Å². The number of benzene rings is 1. The average Bonchev–Trinajstić information content (AvgIpc) is 2.83. The highest BCUT2D eigenvalue weighted by Gasteiger charge is 2.11. The fraction of sp³-hybridized carbons (Fsp3) is 0.650. The SMILES string of the molecule is CCNC(=NCCCN1CCCN(C)CC1)NCCc1cccc(F)c1. The standard InChI is InChI=1S/C20H34FN5/c1-3-22-20(24-11-9-18-7-4-8-19(21)17-18)23-10-5-13-26-14-6-12-25(2)15-16-26/h4,7-8,17H,3,5-6,9-16H2,1-2H3,(H2,22,23,24). The van der Waals surface area contributed by atoms with E-state index in [1.54, 1.807) is 12.1 Å². The molecule has 1 fully saturated rings. The number of guanidine groups is 1. The average molecular weight is 364 g/mol. The molecule has 1 heterocycles. The third kappa shape index (κ3) is 8.15. The lowest BCUT2D eigenvalue weighted by atomic mass is 10.1. The van der Waals surface area contributed by atoms with Crippen molar-refractivity contribution in [3.05, 3.63) is 35.6 Å². The molecule has 1 aliphatic heterocycles. The van der Waals surface area contributed by atoms with Crippen LogP contribution >= 0.6 is 0 Å². The lowest BCUT2D eigenvalue weighted by molar-refractivity contribution is 0.275. The molecule has 146 valence electrons. The molecule has 0 bridgehead atoms. The van der Waals surface area contributed by atoms with Crippen molar-refractivity contribution in [2.45, 2.75) is 26.2 Å². The summed E-state index contributed by atoms with van der Waals surface area (Å²) in [6.07, 6.45) is 3.11. The van der Waals surface area contributed by atoms with Crippen molar-refractivity contribution in [1.82, 2.24) is 20.4 Å². The monoisotopic (exact) mass is 363 g/mol. The van der Waals surface area contributed by atoms with Gasteiger partial charge >= 0.3 is 0 Å². The summed E-state index contributed by atoms with van der Waals surface area (Å²) < 4.78 is 13.2. The number of nitrogens with zero attached hydrogens (tertiary/aromatic N) is 3. The van der Waals surface area contributed by atoms with Crippen LogP contribution in [0.15, 0.2) is 29.3 Å². The van der Waals surface area contributed by atoms with E-state index in [1.807, 2.05) is 6.07 Å². The Morgan fingerprint density at radius 3 is 2.88 bits per heavy atom. The largest absolute Gasteiger partial charge is 0.357 e. The molecule has 0 radical (unpaired) electrons. The fourth-order valence-electron chi connectivity index (χ4n) is 3.17.